The second-order valence-electron chi connectivity index (χ2n) is 4.45. The fourth-order valence-electron chi connectivity index (χ4n) is 1.84. The molecular formula is C16H11BrN2O3. The van der Waals surface area contributed by atoms with E-state index in [1.807, 2.05) is 36.4 Å². The molecule has 0 aliphatic rings. The van der Waals surface area contributed by atoms with Gasteiger partial charge in [0.05, 0.1) is 5.56 Å². The normalized spacial score (nSPS) is 10.4. The minimum absolute atomic E-state index is 0.0643. The number of nitrogens with zero attached hydrogens (tertiary/aromatic N) is 2. The number of esters is 1. The van der Waals surface area contributed by atoms with Gasteiger partial charge in [0.2, 0.25) is 5.89 Å². The van der Waals surface area contributed by atoms with Crippen molar-refractivity contribution in [3.05, 3.63) is 70.5 Å². The van der Waals surface area contributed by atoms with Crippen LogP contribution in [0.15, 0.2) is 63.5 Å². The molecule has 110 valence electrons. The molecule has 3 rings (SSSR count). The highest BCUT2D eigenvalue weighted by atomic mass is 79.9. The molecular weight excluding hydrogens is 348 g/mol. The zero-order valence-corrected chi connectivity index (χ0v) is 13.0. The molecule has 3 aromatic rings. The molecule has 0 aliphatic heterocycles. The number of carbonyl (C=O) groups is 1. The zero-order chi connectivity index (χ0) is 15.4. The summed E-state index contributed by atoms with van der Waals surface area (Å²) in [5.41, 5.74) is 1.27. The van der Waals surface area contributed by atoms with E-state index in [1.165, 1.54) is 0 Å². The van der Waals surface area contributed by atoms with Gasteiger partial charge in [0.1, 0.15) is 0 Å². The van der Waals surface area contributed by atoms with Crippen LogP contribution in [0.2, 0.25) is 0 Å². The van der Waals surface area contributed by atoms with Crippen LogP contribution in [0.4, 0.5) is 0 Å². The van der Waals surface area contributed by atoms with Gasteiger partial charge in [-0.3, -0.25) is 0 Å². The van der Waals surface area contributed by atoms with Crippen LogP contribution in [-0.4, -0.2) is 16.2 Å². The van der Waals surface area contributed by atoms with Crippen LogP contribution in [-0.2, 0) is 11.3 Å². The van der Waals surface area contributed by atoms with Gasteiger partial charge in [-0.15, -0.1) is 10.2 Å². The summed E-state index contributed by atoms with van der Waals surface area (Å²) in [6.07, 6.45) is 0. The van der Waals surface area contributed by atoms with E-state index in [1.54, 1.807) is 18.2 Å². The van der Waals surface area contributed by atoms with Crippen molar-refractivity contribution in [1.29, 1.82) is 0 Å². The molecule has 0 spiro atoms. The first-order chi connectivity index (χ1) is 10.7. The Morgan fingerprint density at radius 1 is 1.09 bits per heavy atom. The van der Waals surface area contributed by atoms with Gasteiger partial charge in [-0.2, -0.15) is 0 Å². The third-order valence-electron chi connectivity index (χ3n) is 2.87. The molecule has 2 aromatic carbocycles. The van der Waals surface area contributed by atoms with Gasteiger partial charge in [-0.05, 0) is 30.3 Å². The van der Waals surface area contributed by atoms with Crippen LogP contribution < -0.4 is 0 Å². The van der Waals surface area contributed by atoms with Crippen molar-refractivity contribution in [2.45, 2.75) is 6.61 Å². The number of aromatic nitrogens is 2. The molecule has 0 bridgehead atoms. The molecule has 0 aliphatic carbocycles. The molecule has 0 unspecified atom stereocenters. The molecule has 6 heteroatoms. The van der Waals surface area contributed by atoms with E-state index >= 15 is 0 Å². The maximum absolute atomic E-state index is 11.9. The van der Waals surface area contributed by atoms with E-state index in [0.29, 0.717) is 11.5 Å². The first-order valence-corrected chi connectivity index (χ1v) is 7.32. The predicted molar refractivity (Wildman–Crippen MR) is 83.0 cm³/mol. The van der Waals surface area contributed by atoms with Gasteiger partial charge in [-0.1, -0.05) is 40.2 Å². The third-order valence-corrected chi connectivity index (χ3v) is 3.37. The summed E-state index contributed by atoms with van der Waals surface area (Å²) in [6, 6.07) is 16.4. The van der Waals surface area contributed by atoms with Gasteiger partial charge >= 0.3 is 5.97 Å². The van der Waals surface area contributed by atoms with Crippen LogP contribution in [0.25, 0.3) is 11.5 Å². The van der Waals surface area contributed by atoms with Crippen molar-refractivity contribution in [3.8, 4) is 11.5 Å². The van der Waals surface area contributed by atoms with E-state index in [4.69, 9.17) is 9.15 Å². The minimum Gasteiger partial charge on any atom is -0.452 e. The van der Waals surface area contributed by atoms with Gasteiger partial charge in [0, 0.05) is 10.0 Å². The molecule has 22 heavy (non-hydrogen) atoms. The summed E-state index contributed by atoms with van der Waals surface area (Å²) in [7, 11) is 0. The van der Waals surface area contributed by atoms with Gasteiger partial charge in [0.15, 0.2) is 6.61 Å². The molecule has 5 nitrogen and oxygen atoms in total. The Kier molecular flexibility index (Phi) is 4.29. The Morgan fingerprint density at radius 3 is 2.68 bits per heavy atom. The molecule has 0 N–H and O–H groups in total. The standard InChI is InChI=1S/C16H11BrN2O3/c17-13-8-4-7-12(9-13)16(20)21-10-14-18-19-15(22-14)11-5-2-1-3-6-11/h1-9H,10H2. The molecule has 0 atom stereocenters. The van der Waals surface area contributed by atoms with E-state index in [2.05, 4.69) is 26.1 Å². The number of hydrogen-bond donors (Lipinski definition) is 0. The molecule has 0 radical (unpaired) electrons. The third kappa shape index (κ3) is 3.40. The summed E-state index contributed by atoms with van der Waals surface area (Å²) in [6.45, 7) is -0.0643. The molecule has 1 aromatic heterocycles. The smallest absolute Gasteiger partial charge is 0.338 e. The van der Waals surface area contributed by atoms with Gasteiger partial charge in [0.25, 0.3) is 5.89 Å². The van der Waals surface area contributed by atoms with Gasteiger partial charge < -0.3 is 9.15 Å². The van der Waals surface area contributed by atoms with Crippen molar-refractivity contribution in [1.82, 2.24) is 10.2 Å². The van der Waals surface area contributed by atoms with Crippen molar-refractivity contribution in [2.75, 3.05) is 0 Å². The quantitative estimate of drug-likeness (QED) is 0.662. The summed E-state index contributed by atoms with van der Waals surface area (Å²) < 4.78 is 11.4. The maximum atomic E-state index is 11.9. The number of rotatable bonds is 4. The summed E-state index contributed by atoms with van der Waals surface area (Å²) in [5, 5.41) is 7.81. The lowest BCUT2D eigenvalue weighted by Gasteiger charge is -2.02. The first kappa shape index (κ1) is 14.5. The monoisotopic (exact) mass is 358 g/mol. The fourth-order valence-corrected chi connectivity index (χ4v) is 2.23. The summed E-state index contributed by atoms with van der Waals surface area (Å²) in [5.74, 6) is 0.206. The van der Waals surface area contributed by atoms with Crippen LogP contribution in [0, 0.1) is 0 Å². The SMILES string of the molecule is O=C(OCc1nnc(-c2ccccc2)o1)c1cccc(Br)c1. The largest absolute Gasteiger partial charge is 0.452 e. The van der Waals surface area contributed by atoms with E-state index < -0.39 is 5.97 Å². The second-order valence-corrected chi connectivity index (χ2v) is 5.37. The molecule has 1 heterocycles. The Bertz CT molecular complexity index is 787. The van der Waals surface area contributed by atoms with Crippen molar-refractivity contribution >= 4 is 21.9 Å². The number of ether oxygens (including phenoxy) is 1. The number of carbonyl (C=O) groups excluding carboxylic acids is 1. The Balaban J connectivity index is 1.65. The molecule has 0 saturated heterocycles. The minimum atomic E-state index is -0.444. The van der Waals surface area contributed by atoms with E-state index in [9.17, 15) is 4.79 Å². The highest BCUT2D eigenvalue weighted by Gasteiger charge is 2.12. The van der Waals surface area contributed by atoms with Crippen LogP contribution >= 0.6 is 15.9 Å². The number of hydrogen-bond acceptors (Lipinski definition) is 5. The van der Waals surface area contributed by atoms with E-state index in [0.717, 1.165) is 10.0 Å². The highest BCUT2D eigenvalue weighted by Crippen LogP contribution is 2.18. The maximum Gasteiger partial charge on any atom is 0.338 e. The van der Waals surface area contributed by atoms with Crippen LogP contribution in [0.1, 0.15) is 16.2 Å². The Hall–Kier alpha value is -2.47. The lowest BCUT2D eigenvalue weighted by atomic mass is 10.2. The average Bonchev–Trinajstić information content (AvgIpc) is 3.02. The number of benzene rings is 2. The Morgan fingerprint density at radius 2 is 1.91 bits per heavy atom. The van der Waals surface area contributed by atoms with Crippen LogP contribution in [0.5, 0.6) is 0 Å². The molecule has 0 saturated carbocycles. The zero-order valence-electron chi connectivity index (χ0n) is 11.4. The average molecular weight is 359 g/mol. The lowest BCUT2D eigenvalue weighted by Crippen LogP contribution is -2.05. The topological polar surface area (TPSA) is 65.2 Å². The second kappa shape index (κ2) is 6.53. The van der Waals surface area contributed by atoms with Crippen LogP contribution in [0.3, 0.4) is 0 Å². The van der Waals surface area contributed by atoms with Crippen molar-refractivity contribution in [2.24, 2.45) is 0 Å². The highest BCUT2D eigenvalue weighted by molar-refractivity contribution is 9.10. The molecule has 0 amide bonds. The van der Waals surface area contributed by atoms with E-state index in [-0.39, 0.29) is 12.5 Å². The lowest BCUT2D eigenvalue weighted by molar-refractivity contribution is 0.0438. The van der Waals surface area contributed by atoms with Crippen molar-refractivity contribution < 1.29 is 13.9 Å². The van der Waals surface area contributed by atoms with Gasteiger partial charge in [-0.25, -0.2) is 4.79 Å². The molecule has 0 fully saturated rings. The Labute approximate surface area is 135 Å². The van der Waals surface area contributed by atoms with Crippen molar-refractivity contribution in [3.63, 3.8) is 0 Å². The number of halogens is 1. The summed E-state index contributed by atoms with van der Waals surface area (Å²) >= 11 is 3.31. The first-order valence-electron chi connectivity index (χ1n) is 6.53. The predicted octanol–water partition coefficient (Wildman–Crippen LogP) is 3.86. The summed E-state index contributed by atoms with van der Waals surface area (Å²) in [4.78, 5) is 11.9. The fraction of sp³-hybridized carbons (Fsp3) is 0.0625.